The molecule has 0 aliphatic carbocycles. The lowest BCUT2D eigenvalue weighted by atomic mass is 10.0. The van der Waals surface area contributed by atoms with Crippen LogP contribution in [0.2, 0.25) is 0 Å². The molecule has 0 saturated heterocycles. The van der Waals surface area contributed by atoms with E-state index in [4.69, 9.17) is 0 Å². The number of benzene rings is 7. The molecule has 3 heterocycles. The number of rotatable bonds is 2. The van der Waals surface area contributed by atoms with Gasteiger partial charge in [0.2, 0.25) is 0 Å². The van der Waals surface area contributed by atoms with Crippen LogP contribution >= 0.6 is 22.7 Å². The van der Waals surface area contributed by atoms with Gasteiger partial charge in [-0.3, -0.25) is 0 Å². The Bertz CT molecular complexity index is 2720. The molecule has 10 rings (SSSR count). The zero-order chi connectivity index (χ0) is 28.1. The van der Waals surface area contributed by atoms with Gasteiger partial charge in [0.05, 0.1) is 11.0 Å². The van der Waals surface area contributed by atoms with Gasteiger partial charge in [0.15, 0.2) is 0 Å². The van der Waals surface area contributed by atoms with Crippen molar-refractivity contribution in [3.8, 4) is 16.8 Å². The molecule has 200 valence electrons. The quantitative estimate of drug-likeness (QED) is 0.191. The van der Waals surface area contributed by atoms with Crippen LogP contribution in [0.15, 0.2) is 140 Å². The van der Waals surface area contributed by atoms with Crippen molar-refractivity contribution in [1.29, 1.82) is 0 Å². The minimum atomic E-state index is 1.18. The highest BCUT2D eigenvalue weighted by molar-refractivity contribution is 7.26. The molecular formula is C40H23NS2. The average Bonchev–Trinajstić information content (AvgIpc) is 3.74. The van der Waals surface area contributed by atoms with Gasteiger partial charge in [-0.2, -0.15) is 0 Å². The van der Waals surface area contributed by atoms with Crippen molar-refractivity contribution in [2.24, 2.45) is 0 Å². The number of fused-ring (bicyclic) bond motifs is 12. The number of aromatic nitrogens is 1. The van der Waals surface area contributed by atoms with Gasteiger partial charge in [-0.25, -0.2) is 0 Å². The Morgan fingerprint density at radius 3 is 1.91 bits per heavy atom. The Hall–Kier alpha value is -4.96. The molecule has 0 radical (unpaired) electrons. The molecule has 7 aromatic carbocycles. The molecule has 0 unspecified atom stereocenters. The Balaban J connectivity index is 1.23. The molecule has 0 saturated carbocycles. The van der Waals surface area contributed by atoms with Crippen molar-refractivity contribution in [2.45, 2.75) is 0 Å². The summed E-state index contributed by atoms with van der Waals surface area (Å²) in [4.78, 5) is 0. The van der Waals surface area contributed by atoms with Crippen LogP contribution in [0.4, 0.5) is 0 Å². The molecule has 0 bridgehead atoms. The lowest BCUT2D eigenvalue weighted by molar-refractivity contribution is 1.19. The highest BCUT2D eigenvalue weighted by atomic mass is 32.1. The minimum absolute atomic E-state index is 1.18. The largest absolute Gasteiger partial charge is 0.309 e. The molecule has 3 aromatic heterocycles. The average molecular weight is 582 g/mol. The first kappa shape index (κ1) is 23.6. The third kappa shape index (κ3) is 3.26. The number of para-hydroxylation sites is 1. The standard InChI is InChI=1S/C40H23NS2/c1-4-13-34-27(8-1)30-21-20-29-31(22-23-37-38(29)33-10-3-6-15-36(33)42-37)39(30)41(34)25-18-16-24(17-19-25)26-11-7-12-32-28-9-2-5-14-35(28)43-40(26)32/h1-23H. The molecule has 0 aliphatic rings. The van der Waals surface area contributed by atoms with Gasteiger partial charge >= 0.3 is 0 Å². The van der Waals surface area contributed by atoms with Gasteiger partial charge in [-0.15, -0.1) is 22.7 Å². The molecule has 0 fully saturated rings. The zero-order valence-electron chi connectivity index (χ0n) is 23.0. The first-order chi connectivity index (χ1) is 21.3. The van der Waals surface area contributed by atoms with Crippen LogP contribution < -0.4 is 0 Å². The third-order valence-corrected chi connectivity index (χ3v) is 11.4. The summed E-state index contributed by atoms with van der Waals surface area (Å²) in [5.74, 6) is 0. The molecule has 10 aromatic rings. The van der Waals surface area contributed by atoms with Crippen molar-refractivity contribution in [1.82, 2.24) is 4.57 Å². The zero-order valence-corrected chi connectivity index (χ0v) is 24.7. The summed E-state index contributed by atoms with van der Waals surface area (Å²) < 4.78 is 7.85. The molecule has 1 nitrogen and oxygen atoms in total. The minimum Gasteiger partial charge on any atom is -0.309 e. The van der Waals surface area contributed by atoms with Gasteiger partial charge in [0.1, 0.15) is 0 Å². The summed E-state index contributed by atoms with van der Waals surface area (Å²) >= 11 is 3.77. The van der Waals surface area contributed by atoms with Crippen LogP contribution in [-0.4, -0.2) is 4.57 Å². The van der Waals surface area contributed by atoms with Crippen molar-refractivity contribution >= 4 is 95.6 Å². The smallest absolute Gasteiger partial charge is 0.0619 e. The second kappa shape index (κ2) is 8.78. The number of hydrogen-bond donors (Lipinski definition) is 0. The lowest BCUT2D eigenvalue weighted by Gasteiger charge is -2.12. The van der Waals surface area contributed by atoms with Gasteiger partial charge in [0.25, 0.3) is 0 Å². The Kier molecular flexibility index (Phi) is 4.81. The van der Waals surface area contributed by atoms with E-state index in [0.29, 0.717) is 0 Å². The summed E-state index contributed by atoms with van der Waals surface area (Å²) in [7, 11) is 0. The van der Waals surface area contributed by atoms with Crippen LogP contribution in [0, 0.1) is 0 Å². The monoisotopic (exact) mass is 581 g/mol. The van der Waals surface area contributed by atoms with E-state index >= 15 is 0 Å². The summed E-state index contributed by atoms with van der Waals surface area (Å²) in [6.07, 6.45) is 0. The fraction of sp³-hybridized carbons (Fsp3) is 0. The van der Waals surface area contributed by atoms with Crippen LogP contribution in [0.3, 0.4) is 0 Å². The molecule has 0 N–H and O–H groups in total. The summed E-state index contributed by atoms with van der Waals surface area (Å²) in [6, 6.07) is 51.6. The van der Waals surface area contributed by atoms with E-state index in [0.717, 1.165) is 0 Å². The molecule has 0 atom stereocenters. The molecule has 0 amide bonds. The predicted molar refractivity (Wildman–Crippen MR) is 190 cm³/mol. The van der Waals surface area contributed by atoms with Gasteiger partial charge < -0.3 is 4.57 Å². The van der Waals surface area contributed by atoms with Crippen molar-refractivity contribution in [3.05, 3.63) is 140 Å². The third-order valence-electron chi connectivity index (χ3n) is 9.01. The fourth-order valence-corrected chi connectivity index (χ4v) is 9.48. The topological polar surface area (TPSA) is 4.93 Å². The van der Waals surface area contributed by atoms with E-state index in [9.17, 15) is 0 Å². The van der Waals surface area contributed by atoms with Crippen LogP contribution in [0.1, 0.15) is 0 Å². The summed E-state index contributed by atoms with van der Waals surface area (Å²) in [6.45, 7) is 0. The first-order valence-corrected chi connectivity index (χ1v) is 16.2. The van der Waals surface area contributed by atoms with Crippen LogP contribution in [-0.2, 0) is 0 Å². The van der Waals surface area contributed by atoms with Crippen LogP contribution in [0.25, 0.3) is 89.7 Å². The maximum absolute atomic E-state index is 2.47. The molecule has 3 heteroatoms. The Labute approximate surface area is 255 Å². The summed E-state index contributed by atoms with van der Waals surface area (Å²) in [5, 5.41) is 10.6. The number of hydrogen-bond acceptors (Lipinski definition) is 2. The second-order valence-corrected chi connectivity index (χ2v) is 13.4. The first-order valence-electron chi connectivity index (χ1n) is 14.6. The molecule has 43 heavy (non-hydrogen) atoms. The van der Waals surface area contributed by atoms with Gasteiger partial charge in [0, 0.05) is 62.2 Å². The van der Waals surface area contributed by atoms with Crippen molar-refractivity contribution in [3.63, 3.8) is 0 Å². The van der Waals surface area contributed by atoms with E-state index in [-0.39, 0.29) is 0 Å². The van der Waals surface area contributed by atoms with Gasteiger partial charge in [-0.1, -0.05) is 103 Å². The second-order valence-electron chi connectivity index (χ2n) is 11.3. The SMILES string of the molecule is c1ccc2c(c1)sc1c(-c3ccc(-n4c5ccccc5c5ccc6c(ccc7sc8ccccc8c76)c54)cc3)cccc12. The van der Waals surface area contributed by atoms with E-state index in [1.165, 1.54) is 89.7 Å². The lowest BCUT2D eigenvalue weighted by Crippen LogP contribution is -1.94. The van der Waals surface area contributed by atoms with Gasteiger partial charge in [-0.05, 0) is 52.9 Å². The molecular weight excluding hydrogens is 559 g/mol. The summed E-state index contributed by atoms with van der Waals surface area (Å²) in [5.41, 5.74) is 6.23. The predicted octanol–water partition coefficient (Wildman–Crippen LogP) is 12.3. The fourth-order valence-electron chi connectivity index (χ4n) is 7.12. The van der Waals surface area contributed by atoms with E-state index in [1.807, 2.05) is 22.7 Å². The highest BCUT2D eigenvalue weighted by Gasteiger charge is 2.18. The molecule has 0 spiro atoms. The van der Waals surface area contributed by atoms with Crippen molar-refractivity contribution < 1.29 is 0 Å². The maximum Gasteiger partial charge on any atom is 0.0619 e. The van der Waals surface area contributed by atoms with E-state index < -0.39 is 0 Å². The van der Waals surface area contributed by atoms with Crippen molar-refractivity contribution in [2.75, 3.05) is 0 Å². The van der Waals surface area contributed by atoms with Crippen LogP contribution in [0.5, 0.6) is 0 Å². The highest BCUT2D eigenvalue weighted by Crippen LogP contribution is 2.44. The van der Waals surface area contributed by atoms with E-state index in [1.54, 1.807) is 0 Å². The normalized spacial score (nSPS) is 12.2. The Morgan fingerprint density at radius 2 is 1.05 bits per heavy atom. The molecule has 0 aliphatic heterocycles. The number of nitrogens with zero attached hydrogens (tertiary/aromatic N) is 1. The van der Waals surface area contributed by atoms with E-state index in [2.05, 4.69) is 144 Å². The number of thiophene rings is 2. The Morgan fingerprint density at radius 1 is 0.395 bits per heavy atom. The maximum atomic E-state index is 2.47.